The third kappa shape index (κ3) is 3.83. The number of carbonyl (C=O) groups excluding carboxylic acids is 1. The van der Waals surface area contributed by atoms with E-state index in [1.807, 2.05) is 0 Å². The van der Waals surface area contributed by atoms with Crippen molar-refractivity contribution < 1.29 is 13.2 Å². The van der Waals surface area contributed by atoms with Crippen LogP contribution in [0.1, 0.15) is 68.1 Å². The summed E-state index contributed by atoms with van der Waals surface area (Å²) in [5, 5.41) is 3.09. The predicted octanol–water partition coefficient (Wildman–Crippen LogP) is 2.82. The van der Waals surface area contributed by atoms with E-state index >= 15 is 0 Å². The molecule has 1 aliphatic carbocycles. The van der Waals surface area contributed by atoms with E-state index in [0.717, 1.165) is 38.5 Å². The van der Waals surface area contributed by atoms with E-state index in [4.69, 9.17) is 0 Å². The van der Waals surface area contributed by atoms with Crippen molar-refractivity contribution >= 4 is 15.9 Å². The van der Waals surface area contributed by atoms with Crippen LogP contribution in [-0.2, 0) is 17.1 Å². The molecule has 7 heteroatoms. The lowest BCUT2D eigenvalue weighted by Crippen LogP contribution is -2.38. The predicted molar refractivity (Wildman–Crippen MR) is 102 cm³/mol. The van der Waals surface area contributed by atoms with Gasteiger partial charge in [-0.3, -0.25) is 4.79 Å². The molecular formula is C19H31N3O3S. The highest BCUT2D eigenvalue weighted by Crippen LogP contribution is 2.27. The van der Waals surface area contributed by atoms with Crippen LogP contribution in [0.3, 0.4) is 0 Å². The van der Waals surface area contributed by atoms with Gasteiger partial charge < -0.3 is 9.88 Å². The van der Waals surface area contributed by atoms with Gasteiger partial charge in [-0.15, -0.1) is 0 Å². The number of rotatable bonds is 4. The van der Waals surface area contributed by atoms with Crippen molar-refractivity contribution in [3.8, 4) is 0 Å². The molecule has 0 bridgehead atoms. The van der Waals surface area contributed by atoms with E-state index in [1.165, 1.54) is 6.42 Å². The van der Waals surface area contributed by atoms with Crippen LogP contribution in [-0.4, -0.2) is 42.3 Å². The van der Waals surface area contributed by atoms with Crippen molar-refractivity contribution in [2.45, 2.75) is 69.7 Å². The Bertz CT molecular complexity index is 755. The van der Waals surface area contributed by atoms with Crippen molar-refractivity contribution in [3.05, 3.63) is 17.5 Å². The second-order valence-electron chi connectivity index (χ2n) is 7.93. The first kappa shape index (κ1) is 19.4. The third-order valence-electron chi connectivity index (χ3n) is 6.02. The quantitative estimate of drug-likeness (QED) is 0.872. The fraction of sp³-hybridized carbons (Fsp3) is 0.737. The first-order chi connectivity index (χ1) is 12.3. The Labute approximate surface area is 157 Å². The molecule has 1 saturated heterocycles. The van der Waals surface area contributed by atoms with E-state index in [0.29, 0.717) is 30.4 Å². The maximum Gasteiger partial charge on any atom is 0.268 e. The standard InChI is InChI=1S/C19H31N3O3S/c1-14-9-11-22(12-10-14)26(24,25)18-13-17(21(3)15(18)2)19(23)20-16-7-5-4-6-8-16/h13-14,16H,4-12H2,1-3H3,(H,20,23). The van der Waals surface area contributed by atoms with Gasteiger partial charge in [-0.1, -0.05) is 26.2 Å². The van der Waals surface area contributed by atoms with Gasteiger partial charge in [-0.2, -0.15) is 4.31 Å². The summed E-state index contributed by atoms with van der Waals surface area (Å²) in [7, 11) is -1.79. The van der Waals surface area contributed by atoms with Crippen molar-refractivity contribution in [2.24, 2.45) is 13.0 Å². The SMILES string of the molecule is Cc1c(S(=O)(=O)N2CCC(C)CC2)cc(C(=O)NC2CCCCC2)n1C. The topological polar surface area (TPSA) is 71.4 Å². The smallest absolute Gasteiger partial charge is 0.268 e. The van der Waals surface area contributed by atoms with Crippen LogP contribution in [0, 0.1) is 12.8 Å². The van der Waals surface area contributed by atoms with Gasteiger partial charge in [-0.05, 0) is 44.6 Å². The molecule has 0 atom stereocenters. The summed E-state index contributed by atoms with van der Waals surface area (Å²) >= 11 is 0. The summed E-state index contributed by atoms with van der Waals surface area (Å²) in [4.78, 5) is 13.0. The zero-order chi connectivity index (χ0) is 18.9. The van der Waals surface area contributed by atoms with Crippen LogP contribution in [0.2, 0.25) is 0 Å². The van der Waals surface area contributed by atoms with E-state index in [2.05, 4.69) is 12.2 Å². The van der Waals surface area contributed by atoms with Crippen LogP contribution < -0.4 is 5.32 Å². The molecule has 0 radical (unpaired) electrons. The number of piperidine rings is 1. The van der Waals surface area contributed by atoms with Crippen molar-refractivity contribution in [1.82, 2.24) is 14.2 Å². The molecule has 1 saturated carbocycles. The lowest BCUT2D eigenvalue weighted by molar-refractivity contribution is 0.0919. The second-order valence-corrected chi connectivity index (χ2v) is 9.84. The van der Waals surface area contributed by atoms with Crippen molar-refractivity contribution in [3.63, 3.8) is 0 Å². The third-order valence-corrected chi connectivity index (χ3v) is 8.04. The number of nitrogens with zero attached hydrogens (tertiary/aromatic N) is 2. The molecule has 146 valence electrons. The molecule has 0 aromatic carbocycles. The number of carbonyl (C=O) groups is 1. The average Bonchev–Trinajstić information content (AvgIpc) is 2.92. The minimum atomic E-state index is -3.55. The molecule has 0 spiro atoms. The van der Waals surface area contributed by atoms with Gasteiger partial charge >= 0.3 is 0 Å². The van der Waals surface area contributed by atoms with Crippen LogP contribution in [0.4, 0.5) is 0 Å². The fourth-order valence-electron chi connectivity index (χ4n) is 4.02. The number of aromatic nitrogens is 1. The number of hydrogen-bond donors (Lipinski definition) is 1. The number of sulfonamides is 1. The van der Waals surface area contributed by atoms with E-state index in [9.17, 15) is 13.2 Å². The minimum Gasteiger partial charge on any atom is -0.348 e. The molecule has 1 amide bonds. The fourth-order valence-corrected chi connectivity index (χ4v) is 5.76. The summed E-state index contributed by atoms with van der Waals surface area (Å²) in [5.41, 5.74) is 1.05. The molecule has 1 aromatic heterocycles. The van der Waals surface area contributed by atoms with Gasteiger partial charge in [0.1, 0.15) is 10.6 Å². The number of amides is 1. The van der Waals surface area contributed by atoms with Crippen molar-refractivity contribution in [1.29, 1.82) is 0 Å². The summed E-state index contributed by atoms with van der Waals surface area (Å²) < 4.78 is 29.4. The summed E-state index contributed by atoms with van der Waals surface area (Å²) in [6.45, 7) is 5.05. The molecule has 1 aromatic rings. The Kier molecular flexibility index (Phi) is 5.77. The first-order valence-electron chi connectivity index (χ1n) is 9.78. The maximum atomic E-state index is 13.1. The van der Waals surface area contributed by atoms with E-state index in [1.54, 1.807) is 28.9 Å². The molecule has 3 rings (SSSR count). The highest BCUT2D eigenvalue weighted by atomic mass is 32.2. The largest absolute Gasteiger partial charge is 0.348 e. The van der Waals surface area contributed by atoms with Crippen LogP contribution in [0.25, 0.3) is 0 Å². The van der Waals surface area contributed by atoms with Gasteiger partial charge in [-0.25, -0.2) is 8.42 Å². The lowest BCUT2D eigenvalue weighted by Gasteiger charge is -2.29. The number of nitrogens with one attached hydrogen (secondary N) is 1. The molecule has 2 fully saturated rings. The van der Waals surface area contributed by atoms with Crippen LogP contribution >= 0.6 is 0 Å². The number of hydrogen-bond acceptors (Lipinski definition) is 3. The molecule has 2 heterocycles. The molecule has 1 aliphatic heterocycles. The van der Waals surface area contributed by atoms with Crippen LogP contribution in [0.5, 0.6) is 0 Å². The van der Waals surface area contributed by atoms with E-state index in [-0.39, 0.29) is 16.8 Å². The van der Waals surface area contributed by atoms with Crippen molar-refractivity contribution in [2.75, 3.05) is 13.1 Å². The zero-order valence-corrected chi connectivity index (χ0v) is 16.9. The van der Waals surface area contributed by atoms with Gasteiger partial charge in [0.15, 0.2) is 0 Å². The Balaban J connectivity index is 1.81. The van der Waals surface area contributed by atoms with Gasteiger partial charge in [0, 0.05) is 31.9 Å². The Hall–Kier alpha value is -1.34. The molecule has 6 nitrogen and oxygen atoms in total. The maximum absolute atomic E-state index is 13.1. The summed E-state index contributed by atoms with van der Waals surface area (Å²) in [5.74, 6) is 0.395. The zero-order valence-electron chi connectivity index (χ0n) is 16.1. The highest BCUT2D eigenvalue weighted by Gasteiger charge is 2.32. The molecule has 0 unspecified atom stereocenters. The minimum absolute atomic E-state index is 0.170. The highest BCUT2D eigenvalue weighted by molar-refractivity contribution is 7.89. The Morgan fingerprint density at radius 3 is 2.35 bits per heavy atom. The van der Waals surface area contributed by atoms with Gasteiger partial charge in [0.05, 0.1) is 0 Å². The molecular weight excluding hydrogens is 350 g/mol. The molecule has 1 N–H and O–H groups in total. The van der Waals surface area contributed by atoms with E-state index < -0.39 is 10.0 Å². The lowest BCUT2D eigenvalue weighted by atomic mass is 9.95. The molecule has 26 heavy (non-hydrogen) atoms. The van der Waals surface area contributed by atoms with Crippen LogP contribution in [0.15, 0.2) is 11.0 Å². The first-order valence-corrected chi connectivity index (χ1v) is 11.2. The van der Waals surface area contributed by atoms with Gasteiger partial charge in [0.25, 0.3) is 5.91 Å². The molecule has 2 aliphatic rings. The second kappa shape index (κ2) is 7.72. The van der Waals surface area contributed by atoms with Gasteiger partial charge in [0.2, 0.25) is 10.0 Å². The summed E-state index contributed by atoms with van der Waals surface area (Å²) in [6.07, 6.45) is 7.31. The average molecular weight is 382 g/mol. The Morgan fingerprint density at radius 1 is 1.12 bits per heavy atom. The normalized spacial score (nSPS) is 21.0. The Morgan fingerprint density at radius 2 is 1.73 bits per heavy atom. The monoisotopic (exact) mass is 381 g/mol. The summed E-state index contributed by atoms with van der Waals surface area (Å²) in [6, 6.07) is 1.76.